The quantitative estimate of drug-likeness (QED) is 0.798. The zero-order valence-electron chi connectivity index (χ0n) is 12.6. The van der Waals surface area contributed by atoms with E-state index in [9.17, 15) is 0 Å². The first-order chi connectivity index (χ1) is 8.58. The Morgan fingerprint density at radius 1 is 1.06 bits per heavy atom. The lowest BCUT2D eigenvalue weighted by Crippen LogP contribution is -2.31. The van der Waals surface area contributed by atoms with Crippen LogP contribution in [-0.2, 0) is 6.54 Å². The third kappa shape index (κ3) is 4.43. The van der Waals surface area contributed by atoms with Gasteiger partial charge < -0.3 is 5.32 Å². The van der Waals surface area contributed by atoms with Gasteiger partial charge in [-0.2, -0.15) is 0 Å². The van der Waals surface area contributed by atoms with Crippen LogP contribution in [0.1, 0.15) is 35.6 Å². The first-order valence-corrected chi connectivity index (χ1v) is 7.02. The van der Waals surface area contributed by atoms with Crippen molar-refractivity contribution < 1.29 is 0 Å². The molecule has 0 saturated carbocycles. The minimum Gasteiger partial charge on any atom is -0.318 e. The van der Waals surface area contributed by atoms with E-state index in [0.717, 1.165) is 19.6 Å². The van der Waals surface area contributed by atoms with Crippen molar-refractivity contribution in [3.63, 3.8) is 0 Å². The third-order valence-electron chi connectivity index (χ3n) is 3.44. The molecule has 2 heteroatoms. The molecule has 0 bridgehead atoms. The fourth-order valence-corrected chi connectivity index (χ4v) is 2.54. The molecule has 2 nitrogen and oxygen atoms in total. The van der Waals surface area contributed by atoms with Crippen molar-refractivity contribution >= 4 is 0 Å². The molecule has 1 rings (SSSR count). The molecule has 0 saturated heterocycles. The average molecular weight is 248 g/mol. The second kappa shape index (κ2) is 7.55. The molecule has 18 heavy (non-hydrogen) atoms. The topological polar surface area (TPSA) is 15.3 Å². The maximum atomic E-state index is 3.24. The van der Waals surface area contributed by atoms with Crippen molar-refractivity contribution in [3.8, 4) is 0 Å². The Morgan fingerprint density at radius 2 is 1.67 bits per heavy atom. The number of nitrogens with one attached hydrogen (secondary N) is 1. The molecule has 0 radical (unpaired) electrons. The highest BCUT2D eigenvalue weighted by Gasteiger charge is 2.09. The molecule has 1 aromatic rings. The molecule has 0 heterocycles. The van der Waals surface area contributed by atoms with E-state index in [0.29, 0.717) is 0 Å². The molecule has 0 atom stereocenters. The molecule has 0 aromatic heterocycles. The van der Waals surface area contributed by atoms with Gasteiger partial charge in [0, 0.05) is 19.6 Å². The number of hydrogen-bond donors (Lipinski definition) is 1. The summed E-state index contributed by atoms with van der Waals surface area (Å²) in [4.78, 5) is 2.54. The van der Waals surface area contributed by atoms with Gasteiger partial charge in [-0.05, 0) is 57.5 Å². The van der Waals surface area contributed by atoms with Crippen LogP contribution in [0.4, 0.5) is 0 Å². The second-order valence-corrected chi connectivity index (χ2v) is 5.26. The fraction of sp³-hybridized carbons (Fsp3) is 0.625. The summed E-state index contributed by atoms with van der Waals surface area (Å²) in [6.07, 6.45) is 1.22. The Kier molecular flexibility index (Phi) is 6.37. The molecular formula is C16H28N2. The van der Waals surface area contributed by atoms with Crippen molar-refractivity contribution in [2.24, 2.45) is 0 Å². The molecule has 0 aliphatic rings. The molecule has 1 aromatic carbocycles. The second-order valence-electron chi connectivity index (χ2n) is 5.26. The number of likely N-dealkylation sites (N-methyl/N-ethyl adjacent to an activating group) is 1. The summed E-state index contributed by atoms with van der Waals surface area (Å²) in [6, 6.07) is 4.59. The number of benzene rings is 1. The number of nitrogens with zero attached hydrogens (tertiary/aromatic N) is 1. The van der Waals surface area contributed by atoms with E-state index in [1.807, 2.05) is 7.05 Å². The normalized spacial score (nSPS) is 11.2. The zero-order chi connectivity index (χ0) is 13.5. The Hall–Kier alpha value is -0.860. The first kappa shape index (κ1) is 15.2. The summed E-state index contributed by atoms with van der Waals surface area (Å²) in [7, 11) is 2.02. The van der Waals surface area contributed by atoms with Gasteiger partial charge in [-0.15, -0.1) is 0 Å². The highest BCUT2D eigenvalue weighted by atomic mass is 15.1. The monoisotopic (exact) mass is 248 g/mol. The van der Waals surface area contributed by atoms with Gasteiger partial charge in [0.15, 0.2) is 0 Å². The molecule has 1 N–H and O–H groups in total. The Balaban J connectivity index is 2.79. The lowest BCUT2D eigenvalue weighted by Gasteiger charge is -2.24. The van der Waals surface area contributed by atoms with Crippen LogP contribution in [-0.4, -0.2) is 31.6 Å². The van der Waals surface area contributed by atoms with E-state index in [2.05, 4.69) is 50.0 Å². The van der Waals surface area contributed by atoms with E-state index >= 15 is 0 Å². The summed E-state index contributed by atoms with van der Waals surface area (Å²) in [5, 5.41) is 3.24. The summed E-state index contributed by atoms with van der Waals surface area (Å²) in [5.74, 6) is 0. The number of aryl methyl sites for hydroxylation is 3. The standard InChI is InChI=1S/C16H28N2/c1-6-8-18(9-7-17-5)12-16-14(3)10-13(2)11-15(16)4/h10-11,17H,6-9,12H2,1-5H3. The predicted molar refractivity (Wildman–Crippen MR) is 80.1 cm³/mol. The van der Waals surface area contributed by atoms with Crippen molar-refractivity contribution in [2.45, 2.75) is 40.7 Å². The van der Waals surface area contributed by atoms with Crippen LogP contribution in [0.5, 0.6) is 0 Å². The van der Waals surface area contributed by atoms with E-state index in [1.165, 1.54) is 35.2 Å². The van der Waals surface area contributed by atoms with Gasteiger partial charge in [0.1, 0.15) is 0 Å². The van der Waals surface area contributed by atoms with Crippen LogP contribution in [0.3, 0.4) is 0 Å². The predicted octanol–water partition coefficient (Wildman–Crippen LogP) is 3.04. The van der Waals surface area contributed by atoms with Gasteiger partial charge in [-0.3, -0.25) is 4.90 Å². The van der Waals surface area contributed by atoms with Crippen LogP contribution in [0.25, 0.3) is 0 Å². The van der Waals surface area contributed by atoms with Crippen molar-refractivity contribution in [1.82, 2.24) is 10.2 Å². The van der Waals surface area contributed by atoms with Crippen molar-refractivity contribution in [3.05, 3.63) is 34.4 Å². The van der Waals surface area contributed by atoms with E-state index in [4.69, 9.17) is 0 Å². The summed E-state index contributed by atoms with van der Waals surface area (Å²) in [5.41, 5.74) is 5.73. The molecule has 0 fully saturated rings. The Labute approximate surface area is 112 Å². The number of hydrogen-bond acceptors (Lipinski definition) is 2. The molecule has 0 spiro atoms. The molecular weight excluding hydrogens is 220 g/mol. The summed E-state index contributed by atoms with van der Waals surface area (Å²) in [6.45, 7) is 13.3. The number of rotatable bonds is 7. The van der Waals surface area contributed by atoms with Crippen molar-refractivity contribution in [2.75, 3.05) is 26.7 Å². The SMILES string of the molecule is CCCN(CCNC)Cc1c(C)cc(C)cc1C. The van der Waals surface area contributed by atoms with E-state index in [1.54, 1.807) is 0 Å². The van der Waals surface area contributed by atoms with Crippen LogP contribution in [0.2, 0.25) is 0 Å². The molecule has 0 unspecified atom stereocenters. The van der Waals surface area contributed by atoms with Gasteiger partial charge >= 0.3 is 0 Å². The maximum absolute atomic E-state index is 3.24. The zero-order valence-corrected chi connectivity index (χ0v) is 12.6. The fourth-order valence-electron chi connectivity index (χ4n) is 2.54. The summed E-state index contributed by atoms with van der Waals surface area (Å²) >= 11 is 0. The Morgan fingerprint density at radius 3 is 2.17 bits per heavy atom. The third-order valence-corrected chi connectivity index (χ3v) is 3.44. The largest absolute Gasteiger partial charge is 0.318 e. The van der Waals surface area contributed by atoms with Crippen LogP contribution >= 0.6 is 0 Å². The van der Waals surface area contributed by atoms with Gasteiger partial charge in [-0.25, -0.2) is 0 Å². The first-order valence-electron chi connectivity index (χ1n) is 7.02. The minimum absolute atomic E-state index is 1.06. The average Bonchev–Trinajstić information content (AvgIpc) is 2.30. The Bertz CT molecular complexity index is 348. The lowest BCUT2D eigenvalue weighted by atomic mass is 9.99. The van der Waals surface area contributed by atoms with Crippen molar-refractivity contribution in [1.29, 1.82) is 0 Å². The van der Waals surface area contributed by atoms with E-state index in [-0.39, 0.29) is 0 Å². The van der Waals surface area contributed by atoms with Crippen LogP contribution in [0.15, 0.2) is 12.1 Å². The van der Waals surface area contributed by atoms with Gasteiger partial charge in [0.05, 0.1) is 0 Å². The highest BCUT2D eigenvalue weighted by molar-refractivity contribution is 5.37. The van der Waals surface area contributed by atoms with Crippen LogP contribution < -0.4 is 5.32 Å². The molecule has 0 aliphatic heterocycles. The highest BCUT2D eigenvalue weighted by Crippen LogP contribution is 2.18. The van der Waals surface area contributed by atoms with E-state index < -0.39 is 0 Å². The molecule has 102 valence electrons. The molecule has 0 amide bonds. The smallest absolute Gasteiger partial charge is 0.0239 e. The minimum atomic E-state index is 1.06. The van der Waals surface area contributed by atoms with Gasteiger partial charge in [0.2, 0.25) is 0 Å². The maximum Gasteiger partial charge on any atom is 0.0239 e. The summed E-state index contributed by atoms with van der Waals surface area (Å²) < 4.78 is 0. The van der Waals surface area contributed by atoms with Crippen LogP contribution in [0, 0.1) is 20.8 Å². The lowest BCUT2D eigenvalue weighted by molar-refractivity contribution is 0.267. The molecule has 0 aliphatic carbocycles. The van der Waals surface area contributed by atoms with Gasteiger partial charge in [0.25, 0.3) is 0 Å². The van der Waals surface area contributed by atoms with Gasteiger partial charge in [-0.1, -0.05) is 24.6 Å².